The number of aromatic nitrogens is 1. The third-order valence-electron chi connectivity index (χ3n) is 3.40. The summed E-state index contributed by atoms with van der Waals surface area (Å²) in [7, 11) is 1.70. The number of ether oxygens (including phenoxy) is 1. The highest BCUT2D eigenvalue weighted by Gasteiger charge is 2.11. The van der Waals surface area contributed by atoms with E-state index in [1.54, 1.807) is 24.2 Å². The molecule has 1 N–H and O–H groups in total. The van der Waals surface area contributed by atoms with Gasteiger partial charge >= 0.3 is 5.97 Å². The van der Waals surface area contributed by atoms with E-state index in [0.717, 1.165) is 12.8 Å². The summed E-state index contributed by atoms with van der Waals surface area (Å²) in [6, 6.07) is 3.15. The van der Waals surface area contributed by atoms with Gasteiger partial charge in [0.15, 0.2) is 12.4 Å². The van der Waals surface area contributed by atoms with Gasteiger partial charge in [-0.1, -0.05) is 13.3 Å². The second-order valence-electron chi connectivity index (χ2n) is 5.33. The summed E-state index contributed by atoms with van der Waals surface area (Å²) in [6.07, 6.45) is 3.85. The van der Waals surface area contributed by atoms with Crippen LogP contribution in [0.15, 0.2) is 23.1 Å². The Bertz CT molecular complexity index is 582. The molecule has 0 aliphatic carbocycles. The second kappa shape index (κ2) is 9.66. The van der Waals surface area contributed by atoms with Crippen LogP contribution in [0.1, 0.15) is 32.6 Å². The Kier molecular flexibility index (Phi) is 7.87. The first kappa shape index (κ1) is 18.7. The number of rotatable bonds is 10. The lowest BCUT2D eigenvalue weighted by Gasteiger charge is -2.17. The van der Waals surface area contributed by atoms with Crippen molar-refractivity contribution in [3.8, 4) is 5.75 Å². The number of hydrogen-bond acceptors (Lipinski definition) is 4. The lowest BCUT2D eigenvalue weighted by molar-refractivity contribution is -0.137. The number of nitrogens with zero attached hydrogens (tertiary/aromatic N) is 2. The molecule has 0 unspecified atom stereocenters. The monoisotopic (exact) mass is 324 g/mol. The Labute approximate surface area is 135 Å². The van der Waals surface area contributed by atoms with E-state index < -0.39 is 5.97 Å². The quantitative estimate of drug-likeness (QED) is 0.702. The summed E-state index contributed by atoms with van der Waals surface area (Å²) in [4.78, 5) is 36.1. The number of aliphatic carboxylic acids is 1. The molecule has 0 atom stereocenters. The minimum atomic E-state index is -0.897. The normalized spacial score (nSPS) is 10.3. The van der Waals surface area contributed by atoms with Gasteiger partial charge in [0.25, 0.3) is 11.5 Å². The minimum absolute atomic E-state index is 0.00175. The van der Waals surface area contributed by atoms with Crippen molar-refractivity contribution >= 4 is 11.9 Å². The van der Waals surface area contributed by atoms with Gasteiger partial charge in [0, 0.05) is 32.8 Å². The van der Waals surface area contributed by atoms with E-state index in [0.29, 0.717) is 19.5 Å². The number of carbonyl (C=O) groups is 2. The predicted octanol–water partition coefficient (Wildman–Crippen LogP) is 1.35. The van der Waals surface area contributed by atoms with Gasteiger partial charge in [0.1, 0.15) is 0 Å². The van der Waals surface area contributed by atoms with E-state index in [1.807, 2.05) is 6.92 Å². The molecule has 0 aliphatic heterocycles. The Morgan fingerprint density at radius 1 is 1.35 bits per heavy atom. The van der Waals surface area contributed by atoms with E-state index in [2.05, 4.69) is 0 Å². The summed E-state index contributed by atoms with van der Waals surface area (Å²) in [5.41, 5.74) is -0.359. The van der Waals surface area contributed by atoms with Crippen molar-refractivity contribution in [3.05, 3.63) is 28.7 Å². The fourth-order valence-electron chi connectivity index (χ4n) is 1.97. The summed E-state index contributed by atoms with van der Waals surface area (Å²) in [5.74, 6) is -0.981. The van der Waals surface area contributed by atoms with Crippen LogP contribution >= 0.6 is 0 Å². The number of unbranched alkanes of at least 4 members (excludes halogenated alkanes) is 1. The van der Waals surface area contributed by atoms with Crippen LogP contribution in [0.4, 0.5) is 0 Å². The van der Waals surface area contributed by atoms with Gasteiger partial charge in [-0.15, -0.1) is 0 Å². The maximum atomic E-state index is 12.2. The maximum absolute atomic E-state index is 12.2. The first-order chi connectivity index (χ1) is 11.0. The predicted molar refractivity (Wildman–Crippen MR) is 85.6 cm³/mol. The van der Waals surface area contributed by atoms with Gasteiger partial charge in [-0.25, -0.2) is 0 Å². The molecule has 7 heteroatoms. The molecule has 23 heavy (non-hydrogen) atoms. The third kappa shape index (κ3) is 6.54. The molecule has 1 aromatic heterocycles. The van der Waals surface area contributed by atoms with Gasteiger partial charge in [-0.05, 0) is 25.0 Å². The average Bonchev–Trinajstić information content (AvgIpc) is 2.52. The van der Waals surface area contributed by atoms with Crippen molar-refractivity contribution in [2.45, 2.75) is 39.2 Å². The smallest absolute Gasteiger partial charge is 0.303 e. The van der Waals surface area contributed by atoms with Gasteiger partial charge in [-0.3, -0.25) is 14.4 Å². The van der Waals surface area contributed by atoms with Crippen molar-refractivity contribution in [2.75, 3.05) is 20.2 Å². The molecule has 0 saturated heterocycles. The number of amides is 1. The number of likely N-dealkylation sites (N-methyl/N-ethyl adjacent to an activating group) is 1. The van der Waals surface area contributed by atoms with Crippen LogP contribution in [0.5, 0.6) is 5.75 Å². The topological polar surface area (TPSA) is 88.8 Å². The largest absolute Gasteiger partial charge is 0.481 e. The first-order valence-corrected chi connectivity index (χ1v) is 7.73. The highest BCUT2D eigenvalue weighted by Crippen LogP contribution is 2.04. The molecule has 128 valence electrons. The van der Waals surface area contributed by atoms with Crippen molar-refractivity contribution in [1.29, 1.82) is 0 Å². The number of carbonyl (C=O) groups excluding carboxylic acids is 1. The van der Waals surface area contributed by atoms with Crippen molar-refractivity contribution < 1.29 is 19.4 Å². The lowest BCUT2D eigenvalue weighted by Crippen LogP contribution is -2.33. The Morgan fingerprint density at radius 2 is 2.09 bits per heavy atom. The SMILES string of the molecule is CCCCN(C)C(=O)COc1cccn(CCCC(=O)O)c1=O. The highest BCUT2D eigenvalue weighted by atomic mass is 16.5. The van der Waals surface area contributed by atoms with E-state index in [9.17, 15) is 14.4 Å². The number of aryl methyl sites for hydroxylation is 1. The fourth-order valence-corrected chi connectivity index (χ4v) is 1.97. The number of carboxylic acid groups (broad SMARTS) is 1. The van der Waals surface area contributed by atoms with Crippen molar-refractivity contribution in [2.24, 2.45) is 0 Å². The lowest BCUT2D eigenvalue weighted by atomic mass is 10.3. The molecule has 7 nitrogen and oxygen atoms in total. The standard InChI is InChI=1S/C16H24N2O5/c1-3-4-9-17(2)14(19)12-23-13-7-5-10-18(16(13)22)11-6-8-15(20)21/h5,7,10H,3-4,6,8-9,11-12H2,1-2H3,(H,20,21). The molecule has 1 aromatic rings. The molecule has 0 aromatic carbocycles. The molecular formula is C16H24N2O5. The molecule has 0 aliphatic rings. The summed E-state index contributed by atoms with van der Waals surface area (Å²) in [5, 5.41) is 8.62. The van der Waals surface area contributed by atoms with Gasteiger partial charge in [-0.2, -0.15) is 0 Å². The first-order valence-electron chi connectivity index (χ1n) is 7.73. The number of hydrogen-bond donors (Lipinski definition) is 1. The zero-order valence-electron chi connectivity index (χ0n) is 13.7. The third-order valence-corrected chi connectivity index (χ3v) is 3.40. The summed E-state index contributed by atoms with van der Waals surface area (Å²) >= 11 is 0. The van der Waals surface area contributed by atoms with Crippen LogP contribution in [-0.2, 0) is 16.1 Å². The van der Waals surface area contributed by atoms with Crippen LogP contribution in [0, 0.1) is 0 Å². The van der Waals surface area contributed by atoms with E-state index >= 15 is 0 Å². The van der Waals surface area contributed by atoms with Gasteiger partial charge < -0.3 is 19.3 Å². The molecule has 1 rings (SSSR count). The van der Waals surface area contributed by atoms with Crippen LogP contribution in [0.3, 0.4) is 0 Å². The molecule has 1 heterocycles. The van der Waals surface area contributed by atoms with Crippen LogP contribution in [-0.4, -0.2) is 46.6 Å². The van der Waals surface area contributed by atoms with Crippen LogP contribution in [0.25, 0.3) is 0 Å². The fraction of sp³-hybridized carbons (Fsp3) is 0.562. The van der Waals surface area contributed by atoms with E-state index in [1.165, 1.54) is 10.6 Å². The second-order valence-corrected chi connectivity index (χ2v) is 5.33. The summed E-state index contributed by atoms with van der Waals surface area (Å²) < 4.78 is 6.72. The molecule has 0 fully saturated rings. The van der Waals surface area contributed by atoms with Crippen LogP contribution < -0.4 is 10.3 Å². The van der Waals surface area contributed by atoms with Gasteiger partial charge in [0.2, 0.25) is 0 Å². The minimum Gasteiger partial charge on any atom is -0.481 e. The number of carboxylic acids is 1. The Balaban J connectivity index is 2.58. The van der Waals surface area contributed by atoms with Crippen LogP contribution in [0.2, 0.25) is 0 Å². The zero-order valence-corrected chi connectivity index (χ0v) is 13.7. The zero-order chi connectivity index (χ0) is 17.2. The van der Waals surface area contributed by atoms with Crippen molar-refractivity contribution in [3.63, 3.8) is 0 Å². The number of pyridine rings is 1. The molecule has 0 bridgehead atoms. The van der Waals surface area contributed by atoms with E-state index in [-0.39, 0.29) is 30.2 Å². The highest BCUT2D eigenvalue weighted by molar-refractivity contribution is 5.77. The molecule has 1 amide bonds. The van der Waals surface area contributed by atoms with E-state index in [4.69, 9.17) is 9.84 Å². The van der Waals surface area contributed by atoms with Gasteiger partial charge in [0.05, 0.1) is 0 Å². The van der Waals surface area contributed by atoms with Crippen molar-refractivity contribution in [1.82, 2.24) is 9.47 Å². The molecule has 0 spiro atoms. The Morgan fingerprint density at radius 3 is 2.74 bits per heavy atom. The molecular weight excluding hydrogens is 300 g/mol. The molecule has 0 saturated carbocycles. The Hall–Kier alpha value is -2.31. The summed E-state index contributed by atoms with van der Waals surface area (Å²) in [6.45, 7) is 2.82. The average molecular weight is 324 g/mol. The maximum Gasteiger partial charge on any atom is 0.303 e. The molecule has 0 radical (unpaired) electrons.